The molecular formula is C14H13FN4O. The third-order valence-electron chi connectivity index (χ3n) is 2.47. The average Bonchev–Trinajstić information content (AvgIpc) is 2.38. The Balaban J connectivity index is 2.35. The van der Waals surface area contributed by atoms with Crippen LogP contribution in [0, 0.1) is 24.1 Å². The Morgan fingerprint density at radius 2 is 2.20 bits per heavy atom. The van der Waals surface area contributed by atoms with Gasteiger partial charge >= 0.3 is 0 Å². The number of ether oxygens (including phenoxy) is 1. The molecule has 1 N–H and O–H groups in total. The van der Waals surface area contributed by atoms with Gasteiger partial charge in [-0.15, -0.1) is 0 Å². The third kappa shape index (κ3) is 3.01. The van der Waals surface area contributed by atoms with Crippen LogP contribution < -0.4 is 10.1 Å². The van der Waals surface area contributed by atoms with Crippen molar-refractivity contribution in [3.63, 3.8) is 0 Å². The number of hydrogen-bond donors (Lipinski definition) is 1. The predicted molar refractivity (Wildman–Crippen MR) is 72.1 cm³/mol. The van der Waals surface area contributed by atoms with Crippen molar-refractivity contribution < 1.29 is 9.13 Å². The Labute approximate surface area is 116 Å². The van der Waals surface area contributed by atoms with E-state index >= 15 is 0 Å². The Bertz CT molecular complexity index is 667. The molecule has 6 heteroatoms. The fraction of sp³-hybridized carbons (Fsp3) is 0.214. The van der Waals surface area contributed by atoms with Gasteiger partial charge in [0.25, 0.3) is 0 Å². The van der Waals surface area contributed by atoms with Crippen molar-refractivity contribution in [3.05, 3.63) is 41.3 Å². The smallest absolute Gasteiger partial charge is 0.226 e. The molecule has 0 saturated carbocycles. The number of benzene rings is 1. The maximum atomic E-state index is 13.5. The normalized spacial score (nSPS) is 9.90. The summed E-state index contributed by atoms with van der Waals surface area (Å²) in [6.07, 6.45) is 0. The van der Waals surface area contributed by atoms with Gasteiger partial charge in [0, 0.05) is 18.3 Å². The van der Waals surface area contributed by atoms with Crippen LogP contribution in [0.5, 0.6) is 11.6 Å². The number of nitrogens with zero attached hydrogens (tertiary/aromatic N) is 3. The van der Waals surface area contributed by atoms with E-state index in [9.17, 15) is 4.39 Å². The van der Waals surface area contributed by atoms with Crippen LogP contribution in [0.15, 0.2) is 24.3 Å². The van der Waals surface area contributed by atoms with Crippen molar-refractivity contribution in [1.29, 1.82) is 5.26 Å². The lowest BCUT2D eigenvalue weighted by Crippen LogP contribution is -2.04. The Hall–Kier alpha value is -2.68. The van der Waals surface area contributed by atoms with Gasteiger partial charge in [0.05, 0.1) is 0 Å². The van der Waals surface area contributed by atoms with Crippen molar-refractivity contribution in [2.75, 3.05) is 11.9 Å². The number of hydrogen-bond acceptors (Lipinski definition) is 5. The van der Waals surface area contributed by atoms with Crippen LogP contribution in [-0.4, -0.2) is 16.5 Å². The minimum atomic E-state index is -0.623. The molecule has 0 aliphatic carbocycles. The molecule has 0 atom stereocenters. The summed E-state index contributed by atoms with van der Waals surface area (Å²) in [7, 11) is 0. The second-order valence-electron chi connectivity index (χ2n) is 4.03. The number of nitriles is 1. The van der Waals surface area contributed by atoms with Gasteiger partial charge in [0.1, 0.15) is 23.2 Å². The van der Waals surface area contributed by atoms with E-state index in [0.717, 1.165) is 0 Å². The zero-order valence-electron chi connectivity index (χ0n) is 11.1. The number of anilines is 1. The zero-order valence-corrected chi connectivity index (χ0v) is 11.1. The maximum Gasteiger partial charge on any atom is 0.226 e. The predicted octanol–water partition coefficient (Wildman–Crippen LogP) is 3.02. The first kappa shape index (κ1) is 13.7. The van der Waals surface area contributed by atoms with Gasteiger partial charge in [0.15, 0.2) is 0 Å². The van der Waals surface area contributed by atoms with Gasteiger partial charge < -0.3 is 10.1 Å². The SMILES string of the molecule is CCNc1nc(C)cc(Oc2cccc(F)c2C#N)n1. The van der Waals surface area contributed by atoms with Gasteiger partial charge in [0.2, 0.25) is 11.8 Å². The van der Waals surface area contributed by atoms with E-state index in [1.54, 1.807) is 19.1 Å². The fourth-order valence-corrected chi connectivity index (χ4v) is 1.64. The lowest BCUT2D eigenvalue weighted by Gasteiger charge is -2.09. The quantitative estimate of drug-likeness (QED) is 0.926. The van der Waals surface area contributed by atoms with Gasteiger partial charge in [-0.2, -0.15) is 10.2 Å². The first-order valence-corrected chi connectivity index (χ1v) is 6.10. The Morgan fingerprint density at radius 3 is 2.90 bits per heavy atom. The minimum absolute atomic E-state index is 0.132. The molecule has 0 unspecified atom stereocenters. The second-order valence-corrected chi connectivity index (χ2v) is 4.03. The molecule has 2 aromatic rings. The molecule has 1 aromatic heterocycles. The largest absolute Gasteiger partial charge is 0.437 e. The molecule has 0 spiro atoms. The molecule has 1 heterocycles. The van der Waals surface area contributed by atoms with Crippen LogP contribution in [-0.2, 0) is 0 Å². The highest BCUT2D eigenvalue weighted by Crippen LogP contribution is 2.26. The van der Waals surface area contributed by atoms with Crippen LogP contribution in [0.25, 0.3) is 0 Å². The van der Waals surface area contributed by atoms with Crippen molar-refractivity contribution in [2.24, 2.45) is 0 Å². The topological polar surface area (TPSA) is 70.8 Å². The van der Waals surface area contributed by atoms with E-state index in [0.29, 0.717) is 18.2 Å². The number of nitrogens with one attached hydrogen (secondary N) is 1. The summed E-state index contributed by atoms with van der Waals surface area (Å²) in [6.45, 7) is 4.39. The van der Waals surface area contributed by atoms with E-state index in [2.05, 4.69) is 15.3 Å². The molecule has 1 aromatic carbocycles. The first-order chi connectivity index (χ1) is 9.63. The molecule has 0 bridgehead atoms. The highest BCUT2D eigenvalue weighted by molar-refractivity contribution is 5.45. The van der Waals surface area contributed by atoms with Crippen molar-refractivity contribution in [3.8, 4) is 17.7 Å². The monoisotopic (exact) mass is 272 g/mol. The second kappa shape index (κ2) is 5.97. The van der Waals surface area contributed by atoms with E-state index in [4.69, 9.17) is 10.00 Å². The summed E-state index contributed by atoms with van der Waals surface area (Å²) in [4.78, 5) is 8.33. The summed E-state index contributed by atoms with van der Waals surface area (Å²) >= 11 is 0. The van der Waals surface area contributed by atoms with Crippen molar-refractivity contribution in [1.82, 2.24) is 9.97 Å². The molecule has 5 nitrogen and oxygen atoms in total. The number of rotatable bonds is 4. The summed E-state index contributed by atoms with van der Waals surface area (Å²) in [5.74, 6) is 0.198. The third-order valence-corrected chi connectivity index (χ3v) is 2.47. The molecule has 2 rings (SSSR count). The van der Waals surface area contributed by atoms with E-state index < -0.39 is 5.82 Å². The molecule has 0 fully saturated rings. The Kier molecular flexibility index (Phi) is 4.11. The van der Waals surface area contributed by atoms with Crippen LogP contribution in [0.1, 0.15) is 18.2 Å². The lowest BCUT2D eigenvalue weighted by atomic mass is 10.2. The minimum Gasteiger partial charge on any atom is -0.437 e. The summed E-state index contributed by atoms with van der Waals surface area (Å²) < 4.78 is 19.0. The summed E-state index contributed by atoms with van der Waals surface area (Å²) in [5, 5.41) is 11.9. The van der Waals surface area contributed by atoms with E-state index in [1.807, 2.05) is 6.92 Å². The van der Waals surface area contributed by atoms with E-state index in [1.165, 1.54) is 18.2 Å². The molecular weight excluding hydrogens is 259 g/mol. The lowest BCUT2D eigenvalue weighted by molar-refractivity contribution is 0.455. The standard InChI is InChI=1S/C14H13FN4O/c1-3-17-14-18-9(2)7-13(19-14)20-12-6-4-5-11(15)10(12)8-16/h4-7H,3H2,1-2H3,(H,17,18,19). The first-order valence-electron chi connectivity index (χ1n) is 6.10. The molecule has 102 valence electrons. The van der Waals surface area contributed by atoms with Crippen LogP contribution in [0.4, 0.5) is 10.3 Å². The molecule has 0 amide bonds. The zero-order chi connectivity index (χ0) is 14.5. The molecule has 0 saturated heterocycles. The highest BCUT2D eigenvalue weighted by atomic mass is 19.1. The molecule has 0 radical (unpaired) electrons. The van der Waals surface area contributed by atoms with Gasteiger partial charge in [-0.25, -0.2) is 9.37 Å². The van der Waals surface area contributed by atoms with Gasteiger partial charge in [-0.1, -0.05) is 6.07 Å². The summed E-state index contributed by atoms with van der Waals surface area (Å²) in [6, 6.07) is 7.60. The van der Waals surface area contributed by atoms with Crippen LogP contribution in [0.2, 0.25) is 0 Å². The number of aryl methyl sites for hydroxylation is 1. The highest BCUT2D eigenvalue weighted by Gasteiger charge is 2.11. The van der Waals surface area contributed by atoms with E-state index in [-0.39, 0.29) is 17.2 Å². The average molecular weight is 272 g/mol. The van der Waals surface area contributed by atoms with Crippen LogP contribution in [0.3, 0.4) is 0 Å². The number of halogens is 1. The fourth-order valence-electron chi connectivity index (χ4n) is 1.64. The molecule has 20 heavy (non-hydrogen) atoms. The van der Waals surface area contributed by atoms with Crippen LogP contribution >= 0.6 is 0 Å². The number of aromatic nitrogens is 2. The maximum absolute atomic E-state index is 13.5. The Morgan fingerprint density at radius 1 is 1.40 bits per heavy atom. The summed E-state index contributed by atoms with van der Waals surface area (Å²) in [5.41, 5.74) is 0.564. The molecule has 0 aliphatic rings. The van der Waals surface area contributed by atoms with Crippen molar-refractivity contribution >= 4 is 5.95 Å². The van der Waals surface area contributed by atoms with Gasteiger partial charge in [-0.05, 0) is 26.0 Å². The van der Waals surface area contributed by atoms with Gasteiger partial charge in [-0.3, -0.25) is 0 Å². The molecule has 0 aliphatic heterocycles. The van der Waals surface area contributed by atoms with Crippen molar-refractivity contribution in [2.45, 2.75) is 13.8 Å².